The van der Waals surface area contributed by atoms with Crippen molar-refractivity contribution in [2.75, 3.05) is 31.1 Å². The van der Waals surface area contributed by atoms with E-state index in [4.69, 9.17) is 16.6 Å². The zero-order chi connectivity index (χ0) is 17.5. The van der Waals surface area contributed by atoms with Crippen molar-refractivity contribution < 1.29 is 0 Å². The average molecular weight is 525 g/mol. The van der Waals surface area contributed by atoms with Crippen LogP contribution in [0.1, 0.15) is 24.6 Å². The molecule has 0 atom stereocenters. The van der Waals surface area contributed by atoms with Gasteiger partial charge in [-0.2, -0.15) is 0 Å². The lowest BCUT2D eigenvalue weighted by atomic mass is 10.1. The zero-order valence-electron chi connectivity index (χ0n) is 14.9. The van der Waals surface area contributed by atoms with E-state index >= 15 is 0 Å². The van der Waals surface area contributed by atoms with Crippen molar-refractivity contribution in [1.82, 2.24) is 10.6 Å². The Balaban J connectivity index is 0.00000243. The van der Waals surface area contributed by atoms with Gasteiger partial charge in [-0.25, -0.2) is 0 Å². The molecular weight excluding hydrogens is 499 g/mol. The van der Waals surface area contributed by atoms with Crippen LogP contribution in [-0.2, 0) is 6.42 Å². The molecule has 0 bridgehead atoms. The maximum atomic E-state index is 5.98. The summed E-state index contributed by atoms with van der Waals surface area (Å²) in [5.41, 5.74) is 0. The number of hydrogen-bond donors (Lipinski definition) is 2. The van der Waals surface area contributed by atoms with E-state index in [0.717, 1.165) is 55.7 Å². The lowest BCUT2D eigenvalue weighted by Gasteiger charge is -2.33. The first kappa shape index (κ1) is 21.8. The van der Waals surface area contributed by atoms with Crippen LogP contribution in [0.3, 0.4) is 0 Å². The third-order valence-electron chi connectivity index (χ3n) is 4.25. The summed E-state index contributed by atoms with van der Waals surface area (Å²) in [7, 11) is 0. The summed E-state index contributed by atoms with van der Waals surface area (Å²) < 4.78 is 0.849. The third kappa shape index (κ3) is 6.58. The molecule has 3 heterocycles. The topological polar surface area (TPSA) is 39.7 Å². The van der Waals surface area contributed by atoms with Gasteiger partial charge in [0.25, 0.3) is 0 Å². The quantitative estimate of drug-likeness (QED) is 0.322. The smallest absolute Gasteiger partial charge is 0.191 e. The number of piperidine rings is 1. The number of thiophene rings is 2. The summed E-state index contributed by atoms with van der Waals surface area (Å²) in [5, 5.41) is 10.5. The summed E-state index contributed by atoms with van der Waals surface area (Å²) in [5.74, 6) is 0.930. The molecule has 1 aliphatic heterocycles. The van der Waals surface area contributed by atoms with Gasteiger partial charge in [0.15, 0.2) is 5.96 Å². The normalized spacial score (nSPS) is 15.6. The van der Waals surface area contributed by atoms with Crippen molar-refractivity contribution in [3.8, 4) is 0 Å². The van der Waals surface area contributed by atoms with Crippen LogP contribution in [0.4, 0.5) is 5.00 Å². The largest absolute Gasteiger partial charge is 0.363 e. The standard InChI is InChI=1S/C18H25ClN4S2.HI/c1-2-20-18(21-10-7-15-5-6-16(19)25-15)22-14-8-11-23(12-9-14)17-4-3-13-24-17;/h3-6,13-14H,2,7-12H2,1H3,(H2,20,21,22);1H. The predicted octanol–water partition coefficient (Wildman–Crippen LogP) is 4.85. The minimum atomic E-state index is 0. The number of hydrogen-bond acceptors (Lipinski definition) is 4. The van der Waals surface area contributed by atoms with Gasteiger partial charge < -0.3 is 15.5 Å². The molecule has 0 saturated carbocycles. The SMILES string of the molecule is CCNC(=NCCc1ccc(Cl)s1)NC1CCN(c2cccs2)CC1.I. The number of halogens is 2. The van der Waals surface area contributed by atoms with Gasteiger partial charge in [-0.15, -0.1) is 46.7 Å². The molecule has 1 fully saturated rings. The minimum absolute atomic E-state index is 0. The van der Waals surface area contributed by atoms with Crippen LogP contribution in [0.5, 0.6) is 0 Å². The van der Waals surface area contributed by atoms with Crippen LogP contribution in [0.2, 0.25) is 4.34 Å². The Hall–Kier alpha value is -0.510. The van der Waals surface area contributed by atoms with Gasteiger partial charge in [-0.1, -0.05) is 11.6 Å². The van der Waals surface area contributed by atoms with Crippen molar-refractivity contribution in [2.24, 2.45) is 4.99 Å². The van der Waals surface area contributed by atoms with E-state index in [1.807, 2.05) is 17.4 Å². The Bertz CT molecular complexity index is 667. The van der Waals surface area contributed by atoms with Crippen LogP contribution in [0.15, 0.2) is 34.6 Å². The van der Waals surface area contributed by atoms with E-state index in [2.05, 4.69) is 46.0 Å². The third-order valence-corrected chi connectivity index (χ3v) is 6.47. The highest BCUT2D eigenvalue weighted by atomic mass is 127. The molecule has 0 radical (unpaired) electrons. The first-order valence-electron chi connectivity index (χ1n) is 8.82. The Kier molecular flexibility index (Phi) is 9.52. The van der Waals surface area contributed by atoms with Gasteiger partial charge in [0.2, 0.25) is 0 Å². The Labute approximate surface area is 186 Å². The van der Waals surface area contributed by atoms with Gasteiger partial charge in [-0.3, -0.25) is 4.99 Å². The number of nitrogens with one attached hydrogen (secondary N) is 2. The van der Waals surface area contributed by atoms with Crippen LogP contribution < -0.4 is 15.5 Å². The fourth-order valence-electron chi connectivity index (χ4n) is 2.97. The molecule has 2 aromatic heterocycles. The molecule has 0 spiro atoms. The molecule has 26 heavy (non-hydrogen) atoms. The van der Waals surface area contributed by atoms with Crippen LogP contribution in [-0.4, -0.2) is 38.2 Å². The molecule has 8 heteroatoms. The second kappa shape index (κ2) is 11.4. The highest BCUT2D eigenvalue weighted by molar-refractivity contribution is 14.0. The molecular formula is C18H26ClIN4S2. The van der Waals surface area contributed by atoms with Crippen LogP contribution in [0, 0.1) is 0 Å². The number of rotatable bonds is 6. The molecule has 0 amide bonds. The lowest BCUT2D eigenvalue weighted by molar-refractivity contribution is 0.463. The highest BCUT2D eigenvalue weighted by Gasteiger charge is 2.20. The van der Waals surface area contributed by atoms with Crippen LogP contribution in [0.25, 0.3) is 0 Å². The predicted molar refractivity (Wildman–Crippen MR) is 127 cm³/mol. The Morgan fingerprint density at radius 1 is 1.31 bits per heavy atom. The van der Waals surface area contributed by atoms with Crippen molar-refractivity contribution in [3.63, 3.8) is 0 Å². The van der Waals surface area contributed by atoms with Crippen molar-refractivity contribution >= 4 is 69.2 Å². The first-order valence-corrected chi connectivity index (χ1v) is 10.9. The van der Waals surface area contributed by atoms with E-state index in [1.54, 1.807) is 11.3 Å². The molecule has 3 rings (SSSR count). The summed E-state index contributed by atoms with van der Waals surface area (Å²) in [6.07, 6.45) is 3.22. The van der Waals surface area contributed by atoms with Gasteiger partial charge in [0.1, 0.15) is 0 Å². The molecule has 0 aromatic carbocycles. The molecule has 4 nitrogen and oxygen atoms in total. The van der Waals surface area contributed by atoms with Gasteiger partial charge in [-0.05, 0) is 49.4 Å². The van der Waals surface area contributed by atoms with Crippen molar-refractivity contribution in [1.29, 1.82) is 0 Å². The van der Waals surface area contributed by atoms with Crippen molar-refractivity contribution in [3.05, 3.63) is 38.9 Å². The molecule has 1 saturated heterocycles. The summed E-state index contributed by atoms with van der Waals surface area (Å²) in [6.45, 7) is 5.97. The minimum Gasteiger partial charge on any atom is -0.363 e. The molecule has 0 aliphatic carbocycles. The average Bonchev–Trinajstić information content (AvgIpc) is 3.28. The molecule has 0 unspecified atom stereocenters. The number of aliphatic imine (C=N–C) groups is 1. The Morgan fingerprint density at radius 2 is 2.12 bits per heavy atom. The van der Waals surface area contributed by atoms with E-state index in [-0.39, 0.29) is 24.0 Å². The zero-order valence-corrected chi connectivity index (χ0v) is 19.6. The Morgan fingerprint density at radius 3 is 2.73 bits per heavy atom. The second-order valence-electron chi connectivity index (χ2n) is 6.07. The molecule has 2 N–H and O–H groups in total. The molecule has 1 aliphatic rings. The van der Waals surface area contributed by atoms with E-state index in [9.17, 15) is 0 Å². The summed E-state index contributed by atoms with van der Waals surface area (Å²) in [6, 6.07) is 8.87. The van der Waals surface area contributed by atoms with Crippen molar-refractivity contribution in [2.45, 2.75) is 32.2 Å². The second-order valence-corrected chi connectivity index (χ2v) is 8.80. The van der Waals surface area contributed by atoms with Crippen LogP contribution >= 0.6 is 58.3 Å². The fourth-order valence-corrected chi connectivity index (χ4v) is 4.83. The van der Waals surface area contributed by atoms with Gasteiger partial charge in [0.05, 0.1) is 9.34 Å². The van der Waals surface area contributed by atoms with Gasteiger partial charge >= 0.3 is 0 Å². The van der Waals surface area contributed by atoms with E-state index in [1.165, 1.54) is 9.88 Å². The van der Waals surface area contributed by atoms with E-state index < -0.39 is 0 Å². The number of anilines is 1. The summed E-state index contributed by atoms with van der Waals surface area (Å²) in [4.78, 5) is 8.49. The first-order chi connectivity index (χ1) is 12.2. The maximum Gasteiger partial charge on any atom is 0.191 e. The molecule has 2 aromatic rings. The highest BCUT2D eigenvalue weighted by Crippen LogP contribution is 2.25. The van der Waals surface area contributed by atoms with E-state index in [0.29, 0.717) is 6.04 Å². The monoisotopic (exact) mass is 524 g/mol. The van der Waals surface area contributed by atoms with Gasteiger partial charge in [0, 0.05) is 43.5 Å². The number of guanidine groups is 1. The fraction of sp³-hybridized carbons (Fsp3) is 0.500. The summed E-state index contributed by atoms with van der Waals surface area (Å²) >= 11 is 9.45. The molecule has 144 valence electrons. The lowest BCUT2D eigenvalue weighted by Crippen LogP contribution is -2.48. The maximum absolute atomic E-state index is 5.98. The number of nitrogens with zero attached hydrogens (tertiary/aromatic N) is 2.